The number of nitrogens with one attached hydrogen (secondary N) is 1. The summed E-state index contributed by atoms with van der Waals surface area (Å²) in [5, 5.41) is 3.37. The Kier molecular flexibility index (Phi) is 4.33. The molecule has 0 radical (unpaired) electrons. The fourth-order valence-electron chi connectivity index (χ4n) is 1.47. The number of hydrogen-bond acceptors (Lipinski definition) is 2. The Morgan fingerprint density at radius 2 is 2.50 bits per heavy atom. The van der Waals surface area contributed by atoms with Gasteiger partial charge in [-0.3, -0.25) is 0 Å². The second kappa shape index (κ2) is 5.33. The summed E-state index contributed by atoms with van der Waals surface area (Å²) in [4.78, 5) is 0. The maximum absolute atomic E-state index is 5.50. The van der Waals surface area contributed by atoms with Gasteiger partial charge in [0, 0.05) is 6.54 Å². The molecule has 1 N–H and O–H groups in total. The van der Waals surface area contributed by atoms with Gasteiger partial charge in [-0.05, 0) is 32.2 Å². The van der Waals surface area contributed by atoms with Crippen LogP contribution in [0.3, 0.4) is 0 Å². The fraction of sp³-hybridized carbons (Fsp3) is 0.800. The SMILES string of the molecule is C=C(C)COCC1CCCNC1. The van der Waals surface area contributed by atoms with E-state index in [1.807, 2.05) is 6.92 Å². The van der Waals surface area contributed by atoms with Crippen LogP contribution in [0.15, 0.2) is 12.2 Å². The van der Waals surface area contributed by atoms with Gasteiger partial charge in [0.1, 0.15) is 0 Å². The molecule has 2 heteroatoms. The van der Waals surface area contributed by atoms with Crippen molar-refractivity contribution in [3.05, 3.63) is 12.2 Å². The van der Waals surface area contributed by atoms with Crippen molar-refractivity contribution in [2.45, 2.75) is 19.8 Å². The van der Waals surface area contributed by atoms with E-state index in [0.29, 0.717) is 0 Å². The molecule has 1 saturated heterocycles. The third-order valence-electron chi connectivity index (χ3n) is 2.10. The first kappa shape index (κ1) is 9.75. The van der Waals surface area contributed by atoms with E-state index in [0.717, 1.165) is 31.2 Å². The Hall–Kier alpha value is -0.340. The van der Waals surface area contributed by atoms with E-state index < -0.39 is 0 Å². The van der Waals surface area contributed by atoms with Gasteiger partial charge in [0.15, 0.2) is 0 Å². The molecule has 1 rings (SSSR count). The predicted octanol–water partition coefficient (Wildman–Crippen LogP) is 1.58. The minimum atomic E-state index is 0.719. The molecule has 0 aromatic heterocycles. The van der Waals surface area contributed by atoms with Crippen LogP contribution < -0.4 is 5.32 Å². The Morgan fingerprint density at radius 1 is 1.67 bits per heavy atom. The summed E-state index contributed by atoms with van der Waals surface area (Å²) in [6.07, 6.45) is 2.60. The van der Waals surface area contributed by atoms with E-state index in [9.17, 15) is 0 Å². The summed E-state index contributed by atoms with van der Waals surface area (Å²) >= 11 is 0. The zero-order chi connectivity index (χ0) is 8.81. The summed E-state index contributed by atoms with van der Waals surface area (Å²) in [5.74, 6) is 0.720. The number of piperidine rings is 1. The van der Waals surface area contributed by atoms with E-state index in [-0.39, 0.29) is 0 Å². The van der Waals surface area contributed by atoms with Gasteiger partial charge in [-0.2, -0.15) is 0 Å². The van der Waals surface area contributed by atoms with Crippen LogP contribution in [0.5, 0.6) is 0 Å². The van der Waals surface area contributed by atoms with Crippen LogP contribution in [-0.2, 0) is 4.74 Å². The summed E-state index contributed by atoms with van der Waals surface area (Å²) in [7, 11) is 0. The number of rotatable bonds is 4. The normalized spacial score (nSPS) is 23.9. The monoisotopic (exact) mass is 169 g/mol. The van der Waals surface area contributed by atoms with Crippen LogP contribution in [0, 0.1) is 5.92 Å². The van der Waals surface area contributed by atoms with Crippen molar-refractivity contribution in [2.24, 2.45) is 5.92 Å². The lowest BCUT2D eigenvalue weighted by atomic mass is 10.0. The molecule has 0 bridgehead atoms. The summed E-state index contributed by atoms with van der Waals surface area (Å²) in [6.45, 7) is 9.70. The molecule has 1 unspecified atom stereocenters. The minimum absolute atomic E-state index is 0.719. The minimum Gasteiger partial charge on any atom is -0.377 e. The molecular formula is C10H19NO. The molecule has 1 aliphatic heterocycles. The fourth-order valence-corrected chi connectivity index (χ4v) is 1.47. The first-order valence-electron chi connectivity index (χ1n) is 4.72. The molecule has 1 fully saturated rings. The molecule has 0 aromatic rings. The van der Waals surface area contributed by atoms with E-state index in [4.69, 9.17) is 4.74 Å². The average Bonchev–Trinajstić information content (AvgIpc) is 2.05. The van der Waals surface area contributed by atoms with Crippen molar-refractivity contribution < 1.29 is 4.74 Å². The van der Waals surface area contributed by atoms with E-state index in [2.05, 4.69) is 11.9 Å². The predicted molar refractivity (Wildman–Crippen MR) is 51.2 cm³/mol. The van der Waals surface area contributed by atoms with Crippen molar-refractivity contribution in [1.82, 2.24) is 5.32 Å². The van der Waals surface area contributed by atoms with Crippen LogP contribution in [0.2, 0.25) is 0 Å². The molecule has 70 valence electrons. The Bertz CT molecular complexity index is 139. The van der Waals surface area contributed by atoms with Crippen molar-refractivity contribution in [3.63, 3.8) is 0 Å². The molecule has 0 aromatic carbocycles. The third kappa shape index (κ3) is 3.88. The maximum atomic E-state index is 5.50. The highest BCUT2D eigenvalue weighted by molar-refractivity contribution is 4.87. The molecule has 0 spiro atoms. The highest BCUT2D eigenvalue weighted by Crippen LogP contribution is 2.10. The lowest BCUT2D eigenvalue weighted by Gasteiger charge is -2.22. The molecule has 0 amide bonds. The first-order chi connectivity index (χ1) is 5.79. The maximum Gasteiger partial charge on any atom is 0.0671 e. The van der Waals surface area contributed by atoms with Gasteiger partial charge in [0.25, 0.3) is 0 Å². The summed E-state index contributed by atoms with van der Waals surface area (Å²) < 4.78 is 5.50. The largest absolute Gasteiger partial charge is 0.377 e. The van der Waals surface area contributed by atoms with Gasteiger partial charge in [-0.15, -0.1) is 0 Å². The quantitative estimate of drug-likeness (QED) is 0.645. The van der Waals surface area contributed by atoms with Crippen molar-refractivity contribution in [1.29, 1.82) is 0 Å². The lowest BCUT2D eigenvalue weighted by Crippen LogP contribution is -2.32. The van der Waals surface area contributed by atoms with E-state index in [1.54, 1.807) is 0 Å². The summed E-state index contributed by atoms with van der Waals surface area (Å²) in [5.41, 5.74) is 1.11. The average molecular weight is 169 g/mol. The highest BCUT2D eigenvalue weighted by Gasteiger charge is 2.12. The molecular weight excluding hydrogens is 150 g/mol. The molecule has 12 heavy (non-hydrogen) atoms. The van der Waals surface area contributed by atoms with Crippen molar-refractivity contribution in [3.8, 4) is 0 Å². The van der Waals surface area contributed by atoms with Gasteiger partial charge in [-0.25, -0.2) is 0 Å². The van der Waals surface area contributed by atoms with E-state index >= 15 is 0 Å². The smallest absolute Gasteiger partial charge is 0.0671 e. The van der Waals surface area contributed by atoms with Gasteiger partial charge in [-0.1, -0.05) is 12.2 Å². The van der Waals surface area contributed by atoms with Gasteiger partial charge in [0.05, 0.1) is 13.2 Å². The molecule has 0 saturated carbocycles. The number of hydrogen-bond donors (Lipinski definition) is 1. The highest BCUT2D eigenvalue weighted by atomic mass is 16.5. The Balaban J connectivity index is 2.01. The molecule has 1 atom stereocenters. The van der Waals surface area contributed by atoms with Gasteiger partial charge in [0.2, 0.25) is 0 Å². The lowest BCUT2D eigenvalue weighted by molar-refractivity contribution is 0.107. The van der Waals surface area contributed by atoms with Gasteiger partial charge < -0.3 is 10.1 Å². The molecule has 2 nitrogen and oxygen atoms in total. The van der Waals surface area contributed by atoms with Crippen LogP contribution in [0.1, 0.15) is 19.8 Å². The Morgan fingerprint density at radius 3 is 3.08 bits per heavy atom. The zero-order valence-electron chi connectivity index (χ0n) is 7.94. The second-order valence-electron chi connectivity index (χ2n) is 3.68. The molecule has 1 heterocycles. The second-order valence-corrected chi connectivity index (χ2v) is 3.68. The third-order valence-corrected chi connectivity index (χ3v) is 2.10. The standard InChI is InChI=1S/C10H19NO/c1-9(2)7-12-8-10-4-3-5-11-6-10/h10-11H,1,3-8H2,2H3. The Labute approximate surface area is 75.0 Å². The zero-order valence-corrected chi connectivity index (χ0v) is 7.94. The topological polar surface area (TPSA) is 21.3 Å². The summed E-state index contributed by atoms with van der Waals surface area (Å²) in [6, 6.07) is 0. The van der Waals surface area contributed by atoms with Crippen molar-refractivity contribution in [2.75, 3.05) is 26.3 Å². The van der Waals surface area contributed by atoms with E-state index in [1.165, 1.54) is 19.4 Å². The van der Waals surface area contributed by atoms with Crippen LogP contribution >= 0.6 is 0 Å². The van der Waals surface area contributed by atoms with Gasteiger partial charge >= 0.3 is 0 Å². The molecule has 0 aliphatic carbocycles. The van der Waals surface area contributed by atoms with Crippen molar-refractivity contribution >= 4 is 0 Å². The van der Waals surface area contributed by atoms with Crippen LogP contribution in [-0.4, -0.2) is 26.3 Å². The van der Waals surface area contributed by atoms with Crippen LogP contribution in [0.4, 0.5) is 0 Å². The number of ether oxygens (including phenoxy) is 1. The molecule has 1 aliphatic rings. The van der Waals surface area contributed by atoms with Crippen LogP contribution in [0.25, 0.3) is 0 Å². The first-order valence-corrected chi connectivity index (χ1v) is 4.72.